The molecule has 0 unspecified atom stereocenters. The maximum absolute atomic E-state index is 4.88. The van der Waals surface area contributed by atoms with Crippen LogP contribution >= 0.6 is 24.4 Å². The molecule has 0 aromatic carbocycles. The van der Waals surface area contributed by atoms with Crippen LogP contribution in [0.1, 0.15) is 0 Å². The average molecular weight is 300 g/mol. The molecule has 0 saturated carbocycles. The molecule has 0 atom stereocenters. The molecule has 76 valence electrons. The summed E-state index contributed by atoms with van der Waals surface area (Å²) in [5, 5.41) is 0. The third-order valence-corrected chi connectivity index (χ3v) is 2.83. The standard InChI is InChI=1S/C6H10N2S4.2Na.H2O/c9-5(10)7-1-2-8(4-3-7)6(11)12;;;/h1-4H2,(H,9,10)(H,11,12);;;1H2/q;2*+1;/p-2. The summed E-state index contributed by atoms with van der Waals surface area (Å²) in [4.78, 5) is 3.99. The summed E-state index contributed by atoms with van der Waals surface area (Å²) in [5.41, 5.74) is 0. The van der Waals surface area contributed by atoms with Gasteiger partial charge in [0.2, 0.25) is 0 Å². The van der Waals surface area contributed by atoms with Gasteiger partial charge >= 0.3 is 59.1 Å². The van der Waals surface area contributed by atoms with Gasteiger partial charge in [0, 0.05) is 26.2 Å². The van der Waals surface area contributed by atoms with Crippen molar-refractivity contribution in [1.29, 1.82) is 0 Å². The minimum absolute atomic E-state index is 0. The summed E-state index contributed by atoms with van der Waals surface area (Å²) < 4.78 is 1.09. The Morgan fingerprint density at radius 1 is 0.800 bits per heavy atom. The van der Waals surface area contributed by atoms with Gasteiger partial charge in [-0.1, -0.05) is 8.64 Å². The molecular formula is C6H10N2Na2OS4. The normalized spacial score (nSPS) is 14.1. The van der Waals surface area contributed by atoms with Crippen LogP contribution in [0.25, 0.3) is 0 Å². The fourth-order valence-corrected chi connectivity index (χ4v) is 1.80. The predicted octanol–water partition coefficient (Wildman–Crippen LogP) is -6.55. The van der Waals surface area contributed by atoms with E-state index in [0.29, 0.717) is 8.64 Å². The maximum atomic E-state index is 4.88. The number of hydrogen-bond donors (Lipinski definition) is 0. The van der Waals surface area contributed by atoms with E-state index in [9.17, 15) is 0 Å². The van der Waals surface area contributed by atoms with Crippen LogP contribution in [0.15, 0.2) is 0 Å². The van der Waals surface area contributed by atoms with E-state index >= 15 is 0 Å². The molecule has 1 saturated heterocycles. The van der Waals surface area contributed by atoms with E-state index in [1.165, 1.54) is 0 Å². The molecule has 1 rings (SSSR count). The Kier molecular flexibility index (Phi) is 16.8. The zero-order chi connectivity index (χ0) is 9.14. The monoisotopic (exact) mass is 300 g/mol. The van der Waals surface area contributed by atoms with Gasteiger partial charge < -0.3 is 65.0 Å². The number of nitrogens with zero attached hydrogens (tertiary/aromatic N) is 2. The second kappa shape index (κ2) is 11.3. The number of thiocarbonyl (C=S) groups is 2. The Morgan fingerprint density at radius 2 is 1.00 bits per heavy atom. The largest absolute Gasteiger partial charge is 1.00 e. The third-order valence-electron chi connectivity index (χ3n) is 1.80. The molecule has 3 nitrogen and oxygen atoms in total. The topological polar surface area (TPSA) is 38.0 Å². The van der Waals surface area contributed by atoms with Gasteiger partial charge in [-0.2, -0.15) is 0 Å². The quantitative estimate of drug-likeness (QED) is 0.252. The molecule has 1 aliphatic rings. The van der Waals surface area contributed by atoms with E-state index in [0.717, 1.165) is 26.2 Å². The van der Waals surface area contributed by atoms with Crippen molar-refractivity contribution in [3.05, 3.63) is 0 Å². The van der Waals surface area contributed by atoms with Crippen molar-refractivity contribution in [2.75, 3.05) is 26.2 Å². The molecule has 1 heterocycles. The molecule has 0 aliphatic carbocycles. The first-order chi connectivity index (χ1) is 5.61. The molecule has 2 N–H and O–H groups in total. The van der Waals surface area contributed by atoms with Gasteiger partial charge in [0.05, 0.1) is 0 Å². The first-order valence-electron chi connectivity index (χ1n) is 3.53. The van der Waals surface area contributed by atoms with Crippen LogP contribution < -0.4 is 59.1 Å². The van der Waals surface area contributed by atoms with E-state index in [1.807, 2.05) is 9.80 Å². The summed E-state index contributed by atoms with van der Waals surface area (Å²) >= 11 is 19.5. The Balaban J connectivity index is -0.000000480. The third kappa shape index (κ3) is 7.99. The molecule has 9 heteroatoms. The Morgan fingerprint density at radius 3 is 1.13 bits per heavy atom. The number of piperazine rings is 1. The molecule has 0 radical (unpaired) electrons. The second-order valence-electron chi connectivity index (χ2n) is 2.51. The molecule has 0 aromatic heterocycles. The molecule has 1 aliphatic heterocycles. The molecule has 0 spiro atoms. The van der Waals surface area contributed by atoms with Crippen LogP contribution in [0.5, 0.6) is 0 Å². The zero-order valence-electron chi connectivity index (χ0n) is 8.86. The first kappa shape index (κ1) is 22.4. The van der Waals surface area contributed by atoms with Crippen molar-refractivity contribution < 1.29 is 64.6 Å². The van der Waals surface area contributed by atoms with Crippen LogP contribution in [0.2, 0.25) is 0 Å². The van der Waals surface area contributed by atoms with Gasteiger partial charge in [0.15, 0.2) is 0 Å². The van der Waals surface area contributed by atoms with Gasteiger partial charge in [0.1, 0.15) is 0 Å². The first-order valence-corrected chi connectivity index (χ1v) is 5.16. The smallest absolute Gasteiger partial charge is 0.412 e. The molecule has 0 aromatic rings. The van der Waals surface area contributed by atoms with Gasteiger partial charge in [-0.15, -0.1) is 0 Å². The summed E-state index contributed by atoms with van der Waals surface area (Å²) in [6.07, 6.45) is 0. The Hall–Kier alpha value is 2.18. The zero-order valence-corrected chi connectivity index (χ0v) is 16.1. The summed E-state index contributed by atoms with van der Waals surface area (Å²) in [5.74, 6) is 0. The SMILES string of the molecule is O.S=C([S-])N1CCN(C(=S)[S-])CC1.[Na+].[Na+]. The van der Waals surface area contributed by atoms with Crippen LogP contribution in [0, 0.1) is 0 Å². The fraction of sp³-hybridized carbons (Fsp3) is 0.667. The van der Waals surface area contributed by atoms with E-state index < -0.39 is 0 Å². The van der Waals surface area contributed by atoms with Crippen molar-refractivity contribution >= 4 is 58.3 Å². The van der Waals surface area contributed by atoms with E-state index in [2.05, 4.69) is 0 Å². The second-order valence-corrected chi connectivity index (χ2v) is 4.57. The maximum Gasteiger partial charge on any atom is 1.00 e. The van der Waals surface area contributed by atoms with Crippen LogP contribution in [0.3, 0.4) is 0 Å². The molecule has 1 fully saturated rings. The molecule has 15 heavy (non-hydrogen) atoms. The van der Waals surface area contributed by atoms with Crippen LogP contribution in [-0.2, 0) is 25.3 Å². The Bertz CT molecular complexity index is 189. The molecule has 0 bridgehead atoms. The summed E-state index contributed by atoms with van der Waals surface area (Å²) in [6, 6.07) is 0. The van der Waals surface area contributed by atoms with Gasteiger partial charge in [-0.3, -0.25) is 0 Å². The molecular weight excluding hydrogens is 290 g/mol. The van der Waals surface area contributed by atoms with E-state index in [4.69, 9.17) is 49.7 Å². The number of hydrogen-bond acceptors (Lipinski definition) is 4. The van der Waals surface area contributed by atoms with Gasteiger partial charge in [-0.25, -0.2) is 0 Å². The minimum atomic E-state index is 0. The van der Waals surface area contributed by atoms with Gasteiger partial charge in [-0.05, 0) is 0 Å². The van der Waals surface area contributed by atoms with Crippen molar-refractivity contribution in [2.24, 2.45) is 0 Å². The Labute approximate surface area is 156 Å². The molecule has 0 amide bonds. The summed E-state index contributed by atoms with van der Waals surface area (Å²) in [6.45, 7) is 3.39. The van der Waals surface area contributed by atoms with Gasteiger partial charge in [0.25, 0.3) is 0 Å². The van der Waals surface area contributed by atoms with Crippen molar-refractivity contribution in [3.8, 4) is 0 Å². The van der Waals surface area contributed by atoms with E-state index in [1.54, 1.807) is 0 Å². The van der Waals surface area contributed by atoms with Crippen molar-refractivity contribution in [3.63, 3.8) is 0 Å². The van der Waals surface area contributed by atoms with Crippen LogP contribution in [0.4, 0.5) is 0 Å². The van der Waals surface area contributed by atoms with Crippen molar-refractivity contribution in [1.82, 2.24) is 9.80 Å². The average Bonchev–Trinajstić information content (AvgIpc) is 2.04. The van der Waals surface area contributed by atoms with Crippen LogP contribution in [-0.4, -0.2) is 50.1 Å². The predicted molar refractivity (Wildman–Crippen MR) is 66.7 cm³/mol. The summed E-state index contributed by atoms with van der Waals surface area (Å²) in [7, 11) is 0. The van der Waals surface area contributed by atoms with E-state index in [-0.39, 0.29) is 64.6 Å². The number of rotatable bonds is 0. The fourth-order valence-electron chi connectivity index (χ4n) is 1.07. The van der Waals surface area contributed by atoms with Crippen molar-refractivity contribution in [2.45, 2.75) is 0 Å². The minimum Gasteiger partial charge on any atom is -0.412 e.